The highest BCUT2D eigenvalue weighted by atomic mass is 16.2. The molecule has 3 heterocycles. The number of aryl methyl sites for hydroxylation is 1. The number of rotatable bonds is 4. The van der Waals surface area contributed by atoms with E-state index in [1.807, 2.05) is 25.3 Å². The fraction of sp³-hybridized carbons (Fsp3) is 0.211. The molecule has 8 heteroatoms. The number of aromatic nitrogens is 3. The zero-order valence-corrected chi connectivity index (χ0v) is 14.7. The van der Waals surface area contributed by atoms with Crippen LogP contribution in [0.3, 0.4) is 0 Å². The molecule has 1 fully saturated rings. The van der Waals surface area contributed by atoms with Crippen LogP contribution in [0.5, 0.6) is 0 Å². The average Bonchev–Trinajstić information content (AvgIpc) is 3.21. The number of nitrogens with zero attached hydrogens (tertiary/aromatic N) is 4. The molecule has 0 saturated carbocycles. The summed E-state index contributed by atoms with van der Waals surface area (Å²) in [7, 11) is 0. The van der Waals surface area contributed by atoms with Crippen LogP contribution in [0.1, 0.15) is 34.5 Å². The molecule has 0 spiro atoms. The number of hydrogen-bond acceptors (Lipinski definition) is 5. The Kier molecular flexibility index (Phi) is 3.95. The summed E-state index contributed by atoms with van der Waals surface area (Å²) in [4.78, 5) is 41.0. The number of carbonyl (C=O) groups is 3. The minimum atomic E-state index is -0.641. The van der Waals surface area contributed by atoms with Gasteiger partial charge in [-0.25, -0.2) is 9.67 Å². The predicted molar refractivity (Wildman–Crippen MR) is 96.9 cm³/mol. The highest BCUT2D eigenvalue weighted by Crippen LogP contribution is 2.25. The lowest BCUT2D eigenvalue weighted by Gasteiger charge is -2.15. The summed E-state index contributed by atoms with van der Waals surface area (Å²) in [6.45, 7) is 2.11. The van der Waals surface area contributed by atoms with Crippen molar-refractivity contribution in [3.8, 4) is 5.69 Å². The van der Waals surface area contributed by atoms with Crippen LogP contribution in [-0.4, -0.2) is 37.4 Å². The standard InChI is InChI=1S/C19H17N5O3/c1-11-8-21-24(9-11)16-7-15(19(20)27)22-14-6-12(2-3-13(14)16)10-23-17(25)4-5-18(23)26/h2-3,6-9H,4-5,10H2,1H3,(H2,20,27). The average molecular weight is 363 g/mol. The smallest absolute Gasteiger partial charge is 0.267 e. The number of likely N-dealkylation sites (tertiary alicyclic amines) is 1. The Hall–Kier alpha value is -3.55. The van der Waals surface area contributed by atoms with Crippen molar-refractivity contribution in [2.75, 3.05) is 0 Å². The zero-order chi connectivity index (χ0) is 19.1. The first kappa shape index (κ1) is 16.9. The third kappa shape index (κ3) is 3.05. The summed E-state index contributed by atoms with van der Waals surface area (Å²) >= 11 is 0. The van der Waals surface area contributed by atoms with Crippen molar-refractivity contribution in [3.63, 3.8) is 0 Å². The van der Waals surface area contributed by atoms with Crippen molar-refractivity contribution < 1.29 is 14.4 Å². The van der Waals surface area contributed by atoms with Crippen LogP contribution in [0.2, 0.25) is 0 Å². The van der Waals surface area contributed by atoms with Crippen molar-refractivity contribution in [3.05, 3.63) is 53.5 Å². The molecule has 3 amide bonds. The number of pyridine rings is 1. The van der Waals surface area contributed by atoms with Crippen LogP contribution in [0.4, 0.5) is 0 Å². The molecule has 3 aromatic rings. The maximum atomic E-state index is 11.9. The van der Waals surface area contributed by atoms with E-state index in [1.54, 1.807) is 23.0 Å². The Labute approximate surface area is 154 Å². The molecule has 0 radical (unpaired) electrons. The van der Waals surface area contributed by atoms with Crippen LogP contribution < -0.4 is 5.73 Å². The number of benzene rings is 1. The van der Waals surface area contributed by atoms with E-state index in [1.165, 1.54) is 4.90 Å². The quantitative estimate of drug-likeness (QED) is 0.706. The number of fused-ring (bicyclic) bond motifs is 1. The summed E-state index contributed by atoms with van der Waals surface area (Å²) in [5, 5.41) is 5.08. The topological polar surface area (TPSA) is 111 Å². The molecule has 136 valence electrons. The van der Waals surface area contributed by atoms with Gasteiger partial charge < -0.3 is 5.73 Å². The monoisotopic (exact) mass is 363 g/mol. The molecule has 1 aliphatic rings. The predicted octanol–water partition coefficient (Wildman–Crippen LogP) is 1.48. The molecule has 1 aliphatic heterocycles. The minimum absolute atomic E-state index is 0.121. The van der Waals surface area contributed by atoms with Gasteiger partial charge in [0.2, 0.25) is 11.8 Å². The van der Waals surface area contributed by atoms with Gasteiger partial charge in [0.05, 0.1) is 23.9 Å². The molecule has 1 aromatic carbocycles. The lowest BCUT2D eigenvalue weighted by molar-refractivity contribution is -0.139. The summed E-state index contributed by atoms with van der Waals surface area (Å²) < 4.78 is 1.67. The van der Waals surface area contributed by atoms with Crippen LogP contribution in [0.25, 0.3) is 16.6 Å². The van der Waals surface area contributed by atoms with Gasteiger partial charge >= 0.3 is 0 Å². The van der Waals surface area contributed by atoms with Crippen molar-refractivity contribution in [2.24, 2.45) is 5.73 Å². The van der Waals surface area contributed by atoms with Crippen LogP contribution in [-0.2, 0) is 16.1 Å². The van der Waals surface area contributed by atoms with E-state index in [-0.39, 0.29) is 36.9 Å². The highest BCUT2D eigenvalue weighted by Gasteiger charge is 2.28. The van der Waals surface area contributed by atoms with Crippen molar-refractivity contribution in [1.29, 1.82) is 0 Å². The lowest BCUT2D eigenvalue weighted by atomic mass is 10.1. The first-order valence-electron chi connectivity index (χ1n) is 8.51. The van der Waals surface area contributed by atoms with Gasteiger partial charge in [-0.2, -0.15) is 5.10 Å². The summed E-state index contributed by atoms with van der Waals surface area (Å²) in [6.07, 6.45) is 4.06. The van der Waals surface area contributed by atoms with E-state index in [0.717, 1.165) is 16.5 Å². The fourth-order valence-corrected chi connectivity index (χ4v) is 3.20. The second-order valence-corrected chi connectivity index (χ2v) is 6.58. The normalized spacial score (nSPS) is 14.3. The second-order valence-electron chi connectivity index (χ2n) is 6.58. The Morgan fingerprint density at radius 3 is 2.56 bits per heavy atom. The first-order valence-corrected chi connectivity index (χ1v) is 8.51. The van der Waals surface area contributed by atoms with Gasteiger partial charge in [-0.05, 0) is 30.2 Å². The number of hydrogen-bond donors (Lipinski definition) is 1. The maximum Gasteiger partial charge on any atom is 0.267 e. The molecule has 0 aliphatic carbocycles. The molecule has 8 nitrogen and oxygen atoms in total. The van der Waals surface area contributed by atoms with Gasteiger partial charge in [-0.1, -0.05) is 12.1 Å². The van der Waals surface area contributed by atoms with Crippen molar-refractivity contribution >= 4 is 28.6 Å². The van der Waals surface area contributed by atoms with Crippen LogP contribution in [0.15, 0.2) is 36.7 Å². The van der Waals surface area contributed by atoms with Crippen molar-refractivity contribution in [2.45, 2.75) is 26.3 Å². The molecule has 1 saturated heterocycles. The van der Waals surface area contributed by atoms with E-state index < -0.39 is 5.91 Å². The van der Waals surface area contributed by atoms with Crippen LogP contribution >= 0.6 is 0 Å². The zero-order valence-electron chi connectivity index (χ0n) is 14.7. The fourth-order valence-electron chi connectivity index (χ4n) is 3.20. The number of amides is 3. The molecular weight excluding hydrogens is 346 g/mol. The Balaban J connectivity index is 1.82. The van der Waals surface area contributed by atoms with Gasteiger partial charge in [-0.15, -0.1) is 0 Å². The molecule has 4 rings (SSSR count). The van der Waals surface area contributed by atoms with Gasteiger partial charge in [-0.3, -0.25) is 19.3 Å². The van der Waals surface area contributed by atoms with Gasteiger partial charge in [0.1, 0.15) is 5.69 Å². The third-order valence-electron chi connectivity index (χ3n) is 4.56. The van der Waals surface area contributed by atoms with Crippen LogP contribution in [0, 0.1) is 6.92 Å². The number of carbonyl (C=O) groups excluding carboxylic acids is 3. The number of nitrogens with two attached hydrogens (primary N) is 1. The Morgan fingerprint density at radius 2 is 1.93 bits per heavy atom. The van der Waals surface area contributed by atoms with E-state index in [2.05, 4.69) is 10.1 Å². The van der Waals surface area contributed by atoms with E-state index in [4.69, 9.17) is 5.73 Å². The van der Waals surface area contributed by atoms with E-state index >= 15 is 0 Å². The molecule has 0 atom stereocenters. The highest BCUT2D eigenvalue weighted by molar-refractivity contribution is 6.02. The Morgan fingerprint density at radius 1 is 1.19 bits per heavy atom. The van der Waals surface area contributed by atoms with Gasteiger partial charge in [0.15, 0.2) is 0 Å². The van der Waals surface area contributed by atoms with E-state index in [9.17, 15) is 14.4 Å². The molecule has 0 unspecified atom stereocenters. The Bertz CT molecular complexity index is 1090. The molecule has 0 bridgehead atoms. The van der Waals surface area contributed by atoms with Gasteiger partial charge in [0.25, 0.3) is 5.91 Å². The summed E-state index contributed by atoms with van der Waals surface area (Å²) in [6, 6.07) is 7.05. The molecule has 2 N–H and O–H groups in total. The number of primary amides is 1. The molecular formula is C19H17N5O3. The lowest BCUT2D eigenvalue weighted by Crippen LogP contribution is -2.28. The van der Waals surface area contributed by atoms with E-state index in [0.29, 0.717) is 11.2 Å². The summed E-state index contributed by atoms with van der Waals surface area (Å²) in [5.41, 5.74) is 8.51. The van der Waals surface area contributed by atoms with Crippen molar-refractivity contribution in [1.82, 2.24) is 19.7 Å². The molecule has 2 aromatic heterocycles. The summed E-state index contributed by atoms with van der Waals surface area (Å²) in [5.74, 6) is -0.990. The SMILES string of the molecule is Cc1cnn(-c2cc(C(N)=O)nc3cc(CN4C(=O)CCC4=O)ccc23)c1. The minimum Gasteiger partial charge on any atom is -0.364 e. The third-order valence-corrected chi connectivity index (χ3v) is 4.56. The largest absolute Gasteiger partial charge is 0.364 e. The maximum absolute atomic E-state index is 11.9. The number of imide groups is 1. The second kappa shape index (κ2) is 6.31. The first-order chi connectivity index (χ1) is 12.9. The van der Waals surface area contributed by atoms with Gasteiger partial charge in [0, 0.05) is 24.4 Å². The molecule has 27 heavy (non-hydrogen) atoms.